The maximum atomic E-state index is 13.3. The zero-order chi connectivity index (χ0) is 23.9. The normalized spacial score (nSPS) is 19.2. The molecule has 1 aliphatic heterocycles. The molecule has 0 bridgehead atoms. The largest absolute Gasteiger partial charge is 0.416 e. The Kier molecular flexibility index (Phi) is 6.50. The molecule has 0 radical (unpaired) electrons. The van der Waals surface area contributed by atoms with Gasteiger partial charge in [0, 0.05) is 44.8 Å². The quantitative estimate of drug-likeness (QED) is 0.644. The summed E-state index contributed by atoms with van der Waals surface area (Å²) in [6.07, 6.45) is -8.07. The fraction of sp³-hybridized carbons (Fsp3) is 0.500. The number of likely N-dealkylation sites (N-methyl/N-ethyl adjacent to an activating group) is 1. The van der Waals surface area contributed by atoms with Crippen LogP contribution in [0.2, 0.25) is 0 Å². The van der Waals surface area contributed by atoms with Gasteiger partial charge in [0.25, 0.3) is 0 Å². The highest BCUT2D eigenvalue weighted by molar-refractivity contribution is 5.37. The van der Waals surface area contributed by atoms with Crippen LogP contribution >= 0.6 is 0 Å². The third-order valence-corrected chi connectivity index (χ3v) is 6.61. The van der Waals surface area contributed by atoms with Gasteiger partial charge in [-0.3, -0.25) is 4.90 Å². The number of rotatable bonds is 5. The lowest BCUT2D eigenvalue weighted by Gasteiger charge is -2.45. The van der Waals surface area contributed by atoms with Crippen molar-refractivity contribution >= 4 is 0 Å². The van der Waals surface area contributed by atoms with E-state index in [4.69, 9.17) is 0 Å². The van der Waals surface area contributed by atoms with Crippen molar-refractivity contribution in [2.24, 2.45) is 0 Å². The second kappa shape index (κ2) is 8.92. The summed E-state index contributed by atoms with van der Waals surface area (Å²) in [5, 5.41) is 3.34. The Hall–Kier alpha value is -2.10. The first-order chi connectivity index (χ1) is 15.5. The molecule has 1 N–H and O–H groups in total. The van der Waals surface area contributed by atoms with E-state index in [1.54, 1.807) is 7.05 Å². The van der Waals surface area contributed by atoms with Gasteiger partial charge in [0.15, 0.2) is 0 Å². The van der Waals surface area contributed by atoms with Crippen LogP contribution < -0.4 is 5.32 Å². The third kappa shape index (κ3) is 5.36. The molecule has 0 atom stereocenters. The van der Waals surface area contributed by atoms with E-state index in [0.29, 0.717) is 6.54 Å². The van der Waals surface area contributed by atoms with Crippen molar-refractivity contribution in [3.05, 3.63) is 70.3 Å². The molecule has 2 aromatic carbocycles. The molecule has 3 nitrogen and oxygen atoms in total. The van der Waals surface area contributed by atoms with Crippen LogP contribution in [0.4, 0.5) is 26.3 Å². The van der Waals surface area contributed by atoms with Crippen molar-refractivity contribution in [3.8, 4) is 0 Å². The van der Waals surface area contributed by atoms with Gasteiger partial charge >= 0.3 is 12.4 Å². The molecule has 0 amide bonds. The summed E-state index contributed by atoms with van der Waals surface area (Å²) in [4.78, 5) is 4.27. The number of hydrogen-bond acceptors (Lipinski definition) is 3. The fourth-order valence-electron chi connectivity index (χ4n) is 5.23. The summed E-state index contributed by atoms with van der Waals surface area (Å²) in [5.74, 6) is 0. The molecule has 4 rings (SSSR count). The summed E-state index contributed by atoms with van der Waals surface area (Å²) < 4.78 is 79.6. The highest BCUT2D eigenvalue weighted by Gasteiger charge is 2.43. The van der Waals surface area contributed by atoms with Gasteiger partial charge in [-0.05, 0) is 54.8 Å². The molecule has 1 aliphatic carbocycles. The minimum Gasteiger partial charge on any atom is -0.314 e. The molecule has 1 heterocycles. The molecule has 1 fully saturated rings. The van der Waals surface area contributed by atoms with E-state index in [0.717, 1.165) is 51.2 Å². The molecule has 0 saturated carbocycles. The van der Waals surface area contributed by atoms with Gasteiger partial charge in [0.1, 0.15) is 0 Å². The number of hydrogen-bond donors (Lipinski definition) is 1. The summed E-state index contributed by atoms with van der Waals surface area (Å²) >= 11 is 0. The zero-order valence-corrected chi connectivity index (χ0v) is 18.4. The Bertz CT molecular complexity index is 922. The van der Waals surface area contributed by atoms with Gasteiger partial charge in [-0.25, -0.2) is 0 Å². The van der Waals surface area contributed by atoms with Crippen LogP contribution in [-0.4, -0.2) is 55.1 Å². The van der Waals surface area contributed by atoms with Gasteiger partial charge in [-0.2, -0.15) is 26.3 Å². The molecule has 2 aromatic rings. The number of nitrogens with one attached hydrogen (secondary N) is 1. The van der Waals surface area contributed by atoms with Gasteiger partial charge < -0.3 is 10.2 Å². The first kappa shape index (κ1) is 24.0. The number of halogens is 6. The Morgan fingerprint density at radius 3 is 1.88 bits per heavy atom. The van der Waals surface area contributed by atoms with Crippen LogP contribution in [0.3, 0.4) is 0 Å². The maximum absolute atomic E-state index is 13.3. The molecule has 9 heteroatoms. The molecule has 0 aromatic heterocycles. The average molecular weight is 471 g/mol. The van der Waals surface area contributed by atoms with Gasteiger partial charge in [-0.15, -0.1) is 0 Å². The number of nitrogens with zero attached hydrogens (tertiary/aromatic N) is 2. The van der Waals surface area contributed by atoms with Crippen molar-refractivity contribution in [1.82, 2.24) is 15.1 Å². The minimum atomic E-state index is -4.84. The number of benzene rings is 2. The van der Waals surface area contributed by atoms with Gasteiger partial charge in [0.05, 0.1) is 11.1 Å². The molecule has 33 heavy (non-hydrogen) atoms. The smallest absolute Gasteiger partial charge is 0.314 e. The van der Waals surface area contributed by atoms with E-state index in [1.807, 2.05) is 17.0 Å². The van der Waals surface area contributed by atoms with E-state index in [-0.39, 0.29) is 23.7 Å². The van der Waals surface area contributed by atoms with Crippen molar-refractivity contribution < 1.29 is 26.3 Å². The maximum Gasteiger partial charge on any atom is 0.416 e. The van der Waals surface area contributed by atoms with E-state index in [1.165, 1.54) is 11.1 Å². The second-order valence-corrected chi connectivity index (χ2v) is 9.17. The predicted molar refractivity (Wildman–Crippen MR) is 114 cm³/mol. The van der Waals surface area contributed by atoms with E-state index < -0.39 is 23.5 Å². The Morgan fingerprint density at radius 2 is 1.39 bits per heavy atom. The first-order valence-electron chi connectivity index (χ1n) is 11.0. The highest BCUT2D eigenvalue weighted by atomic mass is 19.4. The summed E-state index contributed by atoms with van der Waals surface area (Å²) in [6.45, 7) is 3.94. The topological polar surface area (TPSA) is 18.5 Å². The van der Waals surface area contributed by atoms with Crippen molar-refractivity contribution in [2.45, 2.75) is 37.3 Å². The van der Waals surface area contributed by atoms with Crippen molar-refractivity contribution in [1.29, 1.82) is 0 Å². The summed E-state index contributed by atoms with van der Waals surface area (Å²) in [5.41, 5.74) is -0.275. The minimum absolute atomic E-state index is 0.00279. The van der Waals surface area contributed by atoms with Crippen molar-refractivity contribution in [2.75, 3.05) is 39.8 Å². The van der Waals surface area contributed by atoms with E-state index >= 15 is 0 Å². The molecular formula is C24H27F6N3. The lowest BCUT2D eigenvalue weighted by Crippen LogP contribution is -2.61. The first-order valence-corrected chi connectivity index (χ1v) is 11.0. The number of fused-ring (bicyclic) bond motifs is 1. The fourth-order valence-corrected chi connectivity index (χ4v) is 5.23. The zero-order valence-electron chi connectivity index (χ0n) is 18.4. The molecule has 0 spiro atoms. The van der Waals surface area contributed by atoms with Crippen LogP contribution in [0.1, 0.15) is 27.8 Å². The lowest BCUT2D eigenvalue weighted by atomic mass is 9.91. The molecule has 2 aliphatic rings. The molecular weight excluding hydrogens is 444 g/mol. The molecule has 0 unspecified atom stereocenters. The van der Waals surface area contributed by atoms with E-state index in [2.05, 4.69) is 22.3 Å². The Labute approximate surface area is 189 Å². The monoisotopic (exact) mass is 471 g/mol. The summed E-state index contributed by atoms with van der Waals surface area (Å²) in [7, 11) is 1.76. The third-order valence-electron chi connectivity index (χ3n) is 6.61. The molecule has 1 saturated heterocycles. The van der Waals surface area contributed by atoms with Gasteiger partial charge in [-0.1, -0.05) is 24.3 Å². The SMILES string of the molecule is CN(Cc1cc(C(F)(F)F)cc(C(F)(F)F)c1)CC1(N2CCNCC2)Cc2ccccc2C1. The molecule has 180 valence electrons. The standard InChI is InChI=1S/C24H27F6N3/c1-32(15-17-10-20(23(25,26)27)12-21(11-17)24(28,29)30)16-22(33-8-6-31-7-9-33)13-18-4-2-3-5-19(18)14-22/h2-5,10-12,31H,6-9,13-16H2,1H3. The lowest BCUT2D eigenvalue weighted by molar-refractivity contribution is -0.143. The number of alkyl halides is 6. The van der Waals surface area contributed by atoms with Crippen LogP contribution in [0.25, 0.3) is 0 Å². The predicted octanol–water partition coefficient (Wildman–Crippen LogP) is 4.60. The van der Waals surface area contributed by atoms with Crippen LogP contribution in [0, 0.1) is 0 Å². The summed E-state index contributed by atoms with van der Waals surface area (Å²) in [6, 6.07) is 10.0. The Balaban J connectivity index is 1.59. The Morgan fingerprint density at radius 1 is 0.879 bits per heavy atom. The number of piperazine rings is 1. The van der Waals surface area contributed by atoms with Gasteiger partial charge in [0.2, 0.25) is 0 Å². The highest BCUT2D eigenvalue weighted by Crippen LogP contribution is 2.38. The van der Waals surface area contributed by atoms with E-state index in [9.17, 15) is 26.3 Å². The average Bonchev–Trinajstić information content (AvgIpc) is 3.12. The van der Waals surface area contributed by atoms with Crippen LogP contribution in [0.15, 0.2) is 42.5 Å². The second-order valence-electron chi connectivity index (χ2n) is 9.17. The van der Waals surface area contributed by atoms with Crippen LogP contribution in [-0.2, 0) is 31.7 Å². The van der Waals surface area contributed by atoms with Crippen molar-refractivity contribution in [3.63, 3.8) is 0 Å². The van der Waals surface area contributed by atoms with Crippen LogP contribution in [0.5, 0.6) is 0 Å².